The Labute approximate surface area is 99.8 Å². The van der Waals surface area contributed by atoms with E-state index in [0.29, 0.717) is 0 Å². The molecule has 4 nitrogen and oxygen atoms in total. The molecule has 1 heterocycles. The molecule has 1 aliphatic rings. The second kappa shape index (κ2) is 6.12. The van der Waals surface area contributed by atoms with Crippen molar-refractivity contribution in [2.24, 2.45) is 4.99 Å². The molecule has 0 fully saturated rings. The van der Waals surface area contributed by atoms with E-state index in [-0.39, 0.29) is 0 Å². The van der Waals surface area contributed by atoms with Gasteiger partial charge in [0.05, 0.1) is 6.54 Å². The van der Waals surface area contributed by atoms with Gasteiger partial charge in [0, 0.05) is 5.25 Å². The van der Waals surface area contributed by atoms with Crippen LogP contribution in [0.2, 0.25) is 0 Å². The highest BCUT2D eigenvalue weighted by Crippen LogP contribution is 2.25. The van der Waals surface area contributed by atoms with Crippen LogP contribution in [0.3, 0.4) is 0 Å². The van der Waals surface area contributed by atoms with E-state index in [9.17, 15) is 13.2 Å². The Hall–Kier alpha value is 0.0700. The van der Waals surface area contributed by atoms with Gasteiger partial charge >= 0.3 is 15.6 Å². The molecule has 1 unspecified atom stereocenters. The summed E-state index contributed by atoms with van der Waals surface area (Å²) in [6.45, 7) is 3.22. The van der Waals surface area contributed by atoms with Crippen molar-refractivity contribution in [1.82, 2.24) is 0 Å². The molecule has 1 aliphatic heterocycles. The Morgan fingerprint density at radius 3 is 2.12 bits per heavy atom. The van der Waals surface area contributed by atoms with Crippen LogP contribution < -0.4 is 0 Å². The lowest BCUT2D eigenvalue weighted by atomic mass is 10.5. The van der Waals surface area contributed by atoms with Crippen LogP contribution in [0.5, 0.6) is 0 Å². The quantitative estimate of drug-likeness (QED) is 0.548. The molecule has 0 spiro atoms. The number of halogens is 3. The predicted molar refractivity (Wildman–Crippen MR) is 60.5 cm³/mol. The zero-order chi connectivity index (χ0) is 13.0. The number of rotatable bonds is 0. The molecule has 0 bridgehead atoms. The third-order valence-electron chi connectivity index (χ3n) is 1.25. The van der Waals surface area contributed by atoms with Gasteiger partial charge in [0.1, 0.15) is 4.38 Å². The van der Waals surface area contributed by atoms with E-state index in [4.69, 9.17) is 13.0 Å². The van der Waals surface area contributed by atoms with Gasteiger partial charge < -0.3 is 0 Å². The van der Waals surface area contributed by atoms with Crippen molar-refractivity contribution in [3.63, 3.8) is 0 Å². The van der Waals surface area contributed by atoms with Crippen molar-refractivity contribution in [3.05, 3.63) is 0 Å². The van der Waals surface area contributed by atoms with Gasteiger partial charge in [-0.05, 0) is 6.26 Å². The van der Waals surface area contributed by atoms with Gasteiger partial charge in [0.15, 0.2) is 0 Å². The zero-order valence-corrected chi connectivity index (χ0v) is 10.8. The molecule has 0 radical (unpaired) electrons. The fraction of sp³-hybridized carbons (Fsp3) is 0.833. The fourth-order valence-electron chi connectivity index (χ4n) is 0.562. The maximum Gasteiger partial charge on any atom is 0.522 e. The van der Waals surface area contributed by atoms with Crippen molar-refractivity contribution >= 4 is 38.0 Å². The second-order valence-corrected chi connectivity index (χ2v) is 6.55. The van der Waals surface area contributed by atoms with E-state index < -0.39 is 15.6 Å². The average molecular weight is 297 g/mol. The topological polar surface area (TPSA) is 66.7 Å². The van der Waals surface area contributed by atoms with Crippen LogP contribution in [0.25, 0.3) is 0 Å². The summed E-state index contributed by atoms with van der Waals surface area (Å²) in [4.78, 5) is 4.28. The Balaban J connectivity index is 0.000000281. The molecule has 0 saturated carbocycles. The molecular weight excluding hydrogens is 287 g/mol. The highest BCUT2D eigenvalue weighted by molar-refractivity contribution is 8.39. The van der Waals surface area contributed by atoms with Gasteiger partial charge in [0.2, 0.25) is 0 Å². The normalized spacial score (nSPS) is 21.1. The first-order valence-electron chi connectivity index (χ1n) is 3.86. The van der Waals surface area contributed by atoms with Crippen molar-refractivity contribution in [2.75, 3.05) is 12.8 Å². The number of thioether (sulfide) groups is 2. The lowest BCUT2D eigenvalue weighted by molar-refractivity contribution is -0.0510. The largest absolute Gasteiger partial charge is 0.522 e. The predicted octanol–water partition coefficient (Wildman–Crippen LogP) is 2.23. The molecule has 0 saturated heterocycles. The Morgan fingerprint density at radius 2 is 2.00 bits per heavy atom. The summed E-state index contributed by atoms with van der Waals surface area (Å²) in [6.07, 6.45) is 2.07. The summed E-state index contributed by atoms with van der Waals surface area (Å²) in [7, 11) is -5.84. The lowest BCUT2D eigenvalue weighted by Crippen LogP contribution is -2.21. The Bertz CT molecular complexity index is 352. The molecule has 1 atom stereocenters. The highest BCUT2D eigenvalue weighted by atomic mass is 32.2. The third kappa shape index (κ3) is 5.97. The molecule has 96 valence electrons. The summed E-state index contributed by atoms with van der Waals surface area (Å²) < 4.78 is 58.8. The Morgan fingerprint density at radius 1 is 1.56 bits per heavy atom. The zero-order valence-electron chi connectivity index (χ0n) is 8.35. The first-order chi connectivity index (χ1) is 7.08. The maximum absolute atomic E-state index is 10.7. The van der Waals surface area contributed by atoms with Crippen molar-refractivity contribution < 1.29 is 26.1 Å². The number of hydrogen-bond acceptors (Lipinski definition) is 5. The minimum Gasteiger partial charge on any atom is -0.279 e. The summed E-state index contributed by atoms with van der Waals surface area (Å²) in [6, 6.07) is 0. The van der Waals surface area contributed by atoms with Crippen LogP contribution in [0, 0.1) is 0 Å². The summed E-state index contributed by atoms with van der Waals surface area (Å²) in [5, 5.41) is 0.720. The highest BCUT2D eigenvalue weighted by Gasteiger charge is 2.44. The fourth-order valence-corrected chi connectivity index (χ4v) is 2.29. The van der Waals surface area contributed by atoms with Crippen molar-refractivity contribution in [2.45, 2.75) is 17.7 Å². The van der Waals surface area contributed by atoms with Gasteiger partial charge in [0.25, 0.3) is 0 Å². The van der Waals surface area contributed by atoms with Crippen LogP contribution in [-0.4, -0.2) is 40.9 Å². The Kier molecular flexibility index (Phi) is 6.15. The summed E-state index contributed by atoms with van der Waals surface area (Å²) >= 11 is 3.63. The summed E-state index contributed by atoms with van der Waals surface area (Å²) in [5.41, 5.74) is -5.53. The van der Waals surface area contributed by atoms with Crippen LogP contribution in [0.4, 0.5) is 13.2 Å². The van der Waals surface area contributed by atoms with E-state index in [1.807, 2.05) is 11.8 Å². The molecule has 16 heavy (non-hydrogen) atoms. The molecule has 0 aliphatic carbocycles. The number of hydrogen-bond donors (Lipinski definition) is 1. The molecule has 1 N–H and O–H groups in total. The van der Waals surface area contributed by atoms with E-state index in [2.05, 4.69) is 18.2 Å². The smallest absolute Gasteiger partial charge is 0.279 e. The second-order valence-electron chi connectivity index (χ2n) is 2.66. The minimum atomic E-state index is -5.84. The average Bonchev–Trinajstić information content (AvgIpc) is 2.48. The molecule has 0 aromatic heterocycles. The van der Waals surface area contributed by atoms with Crippen LogP contribution in [-0.2, 0) is 10.1 Å². The first kappa shape index (κ1) is 16.1. The number of nitrogens with zero attached hydrogens (tertiary/aromatic N) is 1. The standard InChI is InChI=1S/C5H9NS2.CHF3O3S/c1-4-3-6-5(7-2)8-4;2-1(3,4)8(5,6)7/h4H,3H2,1-2H3;(H,5,6,7). The number of alkyl halides is 3. The van der Waals surface area contributed by atoms with E-state index in [1.165, 1.54) is 4.38 Å². The van der Waals surface area contributed by atoms with Crippen molar-refractivity contribution in [3.8, 4) is 0 Å². The molecular formula is C6H10F3NO3S3. The lowest BCUT2D eigenvalue weighted by Gasteiger charge is -1.97. The van der Waals surface area contributed by atoms with Gasteiger partial charge in [-0.3, -0.25) is 9.55 Å². The van der Waals surface area contributed by atoms with Crippen LogP contribution >= 0.6 is 23.5 Å². The molecule has 0 aromatic carbocycles. The molecule has 1 rings (SSSR count). The SMILES string of the molecule is CSC1=NCC(C)S1.O=S(=O)(O)C(F)(F)F. The summed E-state index contributed by atoms with van der Waals surface area (Å²) in [5.74, 6) is 0. The van der Waals surface area contributed by atoms with Gasteiger partial charge in [-0.1, -0.05) is 18.7 Å². The molecule has 0 amide bonds. The van der Waals surface area contributed by atoms with Crippen molar-refractivity contribution in [1.29, 1.82) is 0 Å². The van der Waals surface area contributed by atoms with E-state index in [1.54, 1.807) is 11.8 Å². The maximum atomic E-state index is 10.7. The first-order valence-corrected chi connectivity index (χ1v) is 7.41. The molecule has 0 aromatic rings. The van der Waals surface area contributed by atoms with E-state index >= 15 is 0 Å². The monoisotopic (exact) mass is 297 g/mol. The van der Waals surface area contributed by atoms with Gasteiger partial charge in [-0.25, -0.2) is 0 Å². The van der Waals surface area contributed by atoms with Gasteiger partial charge in [-0.2, -0.15) is 21.6 Å². The van der Waals surface area contributed by atoms with Gasteiger partial charge in [-0.15, -0.1) is 11.8 Å². The number of aliphatic imine (C=N–C) groups is 1. The molecule has 10 heteroatoms. The van der Waals surface area contributed by atoms with E-state index in [0.717, 1.165) is 11.8 Å². The van der Waals surface area contributed by atoms with Crippen LogP contribution in [0.15, 0.2) is 4.99 Å². The van der Waals surface area contributed by atoms with Crippen LogP contribution in [0.1, 0.15) is 6.92 Å². The minimum absolute atomic E-state index is 0.720. The third-order valence-corrected chi connectivity index (χ3v) is 3.98.